The number of esters is 1. The molecule has 0 aliphatic heterocycles. The zero-order chi connectivity index (χ0) is 17.9. The van der Waals surface area contributed by atoms with Gasteiger partial charge in [-0.05, 0) is 18.6 Å². The lowest BCUT2D eigenvalue weighted by Crippen LogP contribution is -2.27. The van der Waals surface area contributed by atoms with Gasteiger partial charge in [-0.2, -0.15) is 4.98 Å². The first-order chi connectivity index (χ1) is 11.2. The molecule has 2 rings (SSSR count). The molecular weight excluding hydrogens is 330 g/mol. The van der Waals surface area contributed by atoms with Crippen molar-refractivity contribution in [3.8, 4) is 0 Å². The molecule has 0 saturated carbocycles. The summed E-state index contributed by atoms with van der Waals surface area (Å²) in [6, 6.07) is 1.76. The van der Waals surface area contributed by atoms with Crippen LogP contribution in [0.3, 0.4) is 0 Å². The summed E-state index contributed by atoms with van der Waals surface area (Å²) in [4.78, 5) is 28.7. The van der Waals surface area contributed by atoms with Gasteiger partial charge in [0.15, 0.2) is 12.4 Å². The van der Waals surface area contributed by atoms with E-state index in [1.54, 1.807) is 13.0 Å². The van der Waals surface area contributed by atoms with Crippen LogP contribution in [-0.4, -0.2) is 22.0 Å². The van der Waals surface area contributed by atoms with E-state index in [4.69, 9.17) is 9.26 Å². The first-order valence-corrected chi connectivity index (χ1v) is 8.42. The number of rotatable bonds is 5. The third kappa shape index (κ3) is 4.41. The number of thiophene rings is 1. The summed E-state index contributed by atoms with van der Waals surface area (Å²) in [5.74, 6) is 0.239. The highest BCUT2D eigenvalue weighted by molar-refractivity contribution is 7.18. The third-order valence-corrected chi connectivity index (χ3v) is 4.31. The molecule has 0 radical (unpaired) electrons. The summed E-state index contributed by atoms with van der Waals surface area (Å²) in [6.07, 6.45) is 0.651. The predicted octanol–water partition coefficient (Wildman–Crippen LogP) is 3.34. The average molecular weight is 351 g/mol. The van der Waals surface area contributed by atoms with Crippen molar-refractivity contribution in [1.29, 1.82) is 0 Å². The van der Waals surface area contributed by atoms with E-state index in [0.29, 0.717) is 22.1 Å². The zero-order valence-electron chi connectivity index (χ0n) is 14.4. The van der Waals surface area contributed by atoms with Crippen LogP contribution in [0.15, 0.2) is 10.6 Å². The van der Waals surface area contributed by atoms with Crippen LogP contribution in [-0.2, 0) is 22.6 Å². The van der Waals surface area contributed by atoms with Gasteiger partial charge in [0, 0.05) is 11.8 Å². The number of amides is 1. The van der Waals surface area contributed by atoms with Crippen LogP contribution >= 0.6 is 11.3 Å². The van der Waals surface area contributed by atoms with Gasteiger partial charge in [-0.1, -0.05) is 32.9 Å². The lowest BCUT2D eigenvalue weighted by atomic mass is 9.96. The number of aromatic nitrogens is 2. The molecule has 130 valence electrons. The Balaban J connectivity index is 2.00. The van der Waals surface area contributed by atoms with Gasteiger partial charge in [-0.25, -0.2) is 4.79 Å². The largest absolute Gasteiger partial charge is 0.451 e. The van der Waals surface area contributed by atoms with Crippen LogP contribution in [0.5, 0.6) is 0 Å². The fraction of sp³-hybridized carbons (Fsp3) is 0.500. The highest BCUT2D eigenvalue weighted by Gasteiger charge is 2.23. The van der Waals surface area contributed by atoms with E-state index in [1.807, 2.05) is 27.7 Å². The zero-order valence-corrected chi connectivity index (χ0v) is 15.2. The van der Waals surface area contributed by atoms with Crippen molar-refractivity contribution in [3.63, 3.8) is 0 Å². The molecule has 0 spiro atoms. The molecule has 0 saturated heterocycles. The summed E-state index contributed by atoms with van der Waals surface area (Å²) in [6.45, 7) is 9.10. The average Bonchev–Trinajstić information content (AvgIpc) is 3.10. The van der Waals surface area contributed by atoms with Crippen molar-refractivity contribution in [1.82, 2.24) is 10.1 Å². The number of ether oxygens (including phenoxy) is 1. The number of carbonyl (C=O) groups excluding carboxylic acids is 2. The summed E-state index contributed by atoms with van der Waals surface area (Å²) in [5, 5.41) is 7.17. The Morgan fingerprint density at radius 3 is 2.67 bits per heavy atom. The summed E-state index contributed by atoms with van der Waals surface area (Å²) in [7, 11) is 0. The maximum absolute atomic E-state index is 12.2. The van der Waals surface area contributed by atoms with E-state index in [9.17, 15) is 9.59 Å². The molecule has 1 N–H and O–H groups in total. The second kappa shape index (κ2) is 7.12. The molecule has 0 aliphatic carbocycles. The monoisotopic (exact) mass is 351 g/mol. The Morgan fingerprint density at radius 2 is 2.08 bits per heavy atom. The number of anilines is 1. The molecule has 7 nitrogen and oxygen atoms in total. The first kappa shape index (κ1) is 18.1. The van der Waals surface area contributed by atoms with Gasteiger partial charge >= 0.3 is 5.97 Å². The van der Waals surface area contributed by atoms with Crippen molar-refractivity contribution < 1.29 is 18.8 Å². The molecule has 2 aromatic rings. The molecule has 0 fully saturated rings. The smallest absolute Gasteiger partial charge is 0.349 e. The lowest BCUT2D eigenvalue weighted by molar-refractivity contribution is -0.123. The van der Waals surface area contributed by atoms with Gasteiger partial charge < -0.3 is 14.6 Å². The van der Waals surface area contributed by atoms with Crippen molar-refractivity contribution in [3.05, 3.63) is 28.2 Å². The Morgan fingerprint density at radius 1 is 1.38 bits per heavy atom. The van der Waals surface area contributed by atoms with E-state index < -0.39 is 11.4 Å². The minimum absolute atomic E-state index is 0.0765. The minimum atomic E-state index is -0.506. The number of nitrogens with zero attached hydrogens (tertiary/aromatic N) is 2. The highest BCUT2D eigenvalue weighted by atomic mass is 32.1. The lowest BCUT2D eigenvalue weighted by Gasteiger charge is -2.16. The van der Waals surface area contributed by atoms with Crippen LogP contribution < -0.4 is 5.32 Å². The Hall–Kier alpha value is -2.22. The topological polar surface area (TPSA) is 94.3 Å². The Bertz CT molecular complexity index is 743. The molecular formula is C16H21N3O4S. The normalized spacial score (nSPS) is 11.4. The molecule has 24 heavy (non-hydrogen) atoms. The van der Waals surface area contributed by atoms with E-state index >= 15 is 0 Å². The van der Waals surface area contributed by atoms with Gasteiger partial charge in [0.1, 0.15) is 4.88 Å². The Kier molecular flexibility index (Phi) is 5.38. The predicted molar refractivity (Wildman–Crippen MR) is 89.9 cm³/mol. The number of carbonyl (C=O) groups is 2. The molecule has 1 amide bonds. The molecule has 0 atom stereocenters. The number of hydrogen-bond donors (Lipinski definition) is 1. The number of aryl methyl sites for hydroxylation is 2. The SMILES string of the molecule is CCc1noc(COC(=O)c2sc(NC(=O)C(C)(C)C)cc2C)n1. The highest BCUT2D eigenvalue weighted by Crippen LogP contribution is 2.29. The molecule has 2 heterocycles. The molecule has 0 aromatic carbocycles. The van der Waals surface area contributed by atoms with Crippen LogP contribution in [0, 0.1) is 12.3 Å². The second-order valence-corrected chi connectivity index (χ2v) is 7.41. The van der Waals surface area contributed by atoms with Gasteiger partial charge in [-0.3, -0.25) is 4.79 Å². The molecule has 2 aromatic heterocycles. The number of hydrogen-bond acceptors (Lipinski definition) is 7. The van der Waals surface area contributed by atoms with Crippen LogP contribution in [0.2, 0.25) is 0 Å². The van der Waals surface area contributed by atoms with Crippen LogP contribution in [0.4, 0.5) is 5.00 Å². The van der Waals surface area contributed by atoms with Crippen LogP contribution in [0.25, 0.3) is 0 Å². The van der Waals surface area contributed by atoms with Gasteiger partial charge in [0.25, 0.3) is 5.89 Å². The molecule has 0 unspecified atom stereocenters. The summed E-state index contributed by atoms with van der Waals surface area (Å²) in [5.41, 5.74) is 0.238. The van der Waals surface area contributed by atoms with Gasteiger partial charge in [0.05, 0.1) is 5.00 Å². The van der Waals surface area contributed by atoms with Crippen LogP contribution in [0.1, 0.15) is 54.6 Å². The first-order valence-electron chi connectivity index (χ1n) is 7.61. The Labute approximate surface area is 144 Å². The van der Waals surface area contributed by atoms with Gasteiger partial charge in [0.2, 0.25) is 5.91 Å². The summed E-state index contributed by atoms with van der Waals surface area (Å²) >= 11 is 1.18. The molecule has 0 aliphatic rings. The fourth-order valence-corrected chi connectivity index (χ4v) is 2.69. The number of nitrogens with one attached hydrogen (secondary N) is 1. The minimum Gasteiger partial charge on any atom is -0.451 e. The maximum atomic E-state index is 12.2. The summed E-state index contributed by atoms with van der Waals surface area (Å²) < 4.78 is 10.2. The standard InChI is InChI=1S/C16H21N3O4S/c1-6-10-17-11(23-19-10)8-22-14(20)13-9(2)7-12(24-13)18-15(21)16(3,4)5/h7H,6,8H2,1-5H3,(H,18,21). The fourth-order valence-electron chi connectivity index (χ4n) is 1.73. The van der Waals surface area contributed by atoms with E-state index in [0.717, 1.165) is 5.56 Å². The van der Waals surface area contributed by atoms with E-state index in [2.05, 4.69) is 15.5 Å². The van der Waals surface area contributed by atoms with Crippen molar-refractivity contribution in [2.75, 3.05) is 5.32 Å². The van der Waals surface area contributed by atoms with E-state index in [1.165, 1.54) is 11.3 Å². The van der Waals surface area contributed by atoms with Crippen molar-refractivity contribution in [2.24, 2.45) is 5.41 Å². The maximum Gasteiger partial charge on any atom is 0.349 e. The quantitative estimate of drug-likeness (QED) is 0.830. The second-order valence-electron chi connectivity index (χ2n) is 6.36. The van der Waals surface area contributed by atoms with Crippen molar-refractivity contribution >= 4 is 28.2 Å². The third-order valence-electron chi connectivity index (χ3n) is 3.17. The van der Waals surface area contributed by atoms with Crippen molar-refractivity contribution in [2.45, 2.75) is 47.6 Å². The molecule has 8 heteroatoms. The molecule has 0 bridgehead atoms. The van der Waals surface area contributed by atoms with Gasteiger partial charge in [-0.15, -0.1) is 11.3 Å². The van der Waals surface area contributed by atoms with E-state index in [-0.39, 0.29) is 18.4 Å².